The molecule has 0 spiro atoms. The number of halogens is 1. The van der Waals surface area contributed by atoms with Gasteiger partial charge in [0, 0.05) is 49.9 Å². The zero-order valence-corrected chi connectivity index (χ0v) is 20.8. The van der Waals surface area contributed by atoms with Gasteiger partial charge in [0.15, 0.2) is 0 Å². The Hall–Kier alpha value is -2.87. The summed E-state index contributed by atoms with van der Waals surface area (Å²) in [5, 5.41) is 0.743. The minimum Gasteiger partial charge on any atom is -0.336 e. The number of hydrogen-bond donors (Lipinski definition) is 0. The number of sulfonamides is 1. The van der Waals surface area contributed by atoms with E-state index in [1.807, 2.05) is 30.3 Å². The van der Waals surface area contributed by atoms with Gasteiger partial charge >= 0.3 is 0 Å². The van der Waals surface area contributed by atoms with E-state index in [0.29, 0.717) is 37.4 Å². The number of nitrogens with zero attached hydrogens (tertiary/aromatic N) is 3. The summed E-state index contributed by atoms with van der Waals surface area (Å²) < 4.78 is 27.5. The van der Waals surface area contributed by atoms with Crippen molar-refractivity contribution in [2.75, 3.05) is 37.5 Å². The zero-order chi connectivity index (χ0) is 24.3. The number of carbonyl (C=O) groups is 1. The highest BCUT2D eigenvalue weighted by atomic mass is 35.5. The van der Waals surface area contributed by atoms with Crippen molar-refractivity contribution in [1.29, 1.82) is 0 Å². The van der Waals surface area contributed by atoms with Crippen LogP contribution in [-0.4, -0.2) is 57.4 Å². The van der Waals surface area contributed by atoms with Crippen molar-refractivity contribution in [2.45, 2.75) is 17.9 Å². The average molecular weight is 498 g/mol. The number of rotatable bonds is 6. The molecule has 0 radical (unpaired) electrons. The largest absolute Gasteiger partial charge is 0.336 e. The van der Waals surface area contributed by atoms with Crippen LogP contribution in [0.5, 0.6) is 0 Å². The molecule has 34 heavy (non-hydrogen) atoms. The molecule has 1 saturated heterocycles. The molecule has 0 N–H and O–H groups in total. The summed E-state index contributed by atoms with van der Waals surface area (Å²) in [6.07, 6.45) is 0. The van der Waals surface area contributed by atoms with E-state index in [1.54, 1.807) is 41.3 Å². The SMILES string of the molecule is CC(c1ccccc1Cl)N1CCN(C(=O)c2cccc(S(=O)(=O)N(C)c3ccccc3)c2)CC1. The summed E-state index contributed by atoms with van der Waals surface area (Å²) in [5.74, 6) is -0.163. The third-order valence-electron chi connectivity index (χ3n) is 6.36. The second-order valence-electron chi connectivity index (χ2n) is 8.36. The highest BCUT2D eigenvalue weighted by Crippen LogP contribution is 2.28. The van der Waals surface area contributed by atoms with Gasteiger partial charge in [0.1, 0.15) is 0 Å². The lowest BCUT2D eigenvalue weighted by Crippen LogP contribution is -2.49. The molecule has 0 aromatic heterocycles. The Morgan fingerprint density at radius 2 is 1.56 bits per heavy atom. The first-order valence-electron chi connectivity index (χ1n) is 11.2. The molecular weight excluding hydrogens is 470 g/mol. The Labute approximate surface area is 206 Å². The van der Waals surface area contributed by atoms with Crippen LogP contribution in [0, 0.1) is 0 Å². The van der Waals surface area contributed by atoms with E-state index in [-0.39, 0.29) is 16.8 Å². The summed E-state index contributed by atoms with van der Waals surface area (Å²) in [4.78, 5) is 17.4. The van der Waals surface area contributed by atoms with Crippen molar-refractivity contribution < 1.29 is 13.2 Å². The van der Waals surface area contributed by atoms with Crippen molar-refractivity contribution in [2.24, 2.45) is 0 Å². The maximum Gasteiger partial charge on any atom is 0.264 e. The molecule has 1 unspecified atom stereocenters. The van der Waals surface area contributed by atoms with E-state index >= 15 is 0 Å². The molecule has 1 aliphatic rings. The first-order chi connectivity index (χ1) is 16.3. The van der Waals surface area contributed by atoms with Crippen molar-refractivity contribution in [3.8, 4) is 0 Å². The Kier molecular flexibility index (Phi) is 7.26. The van der Waals surface area contributed by atoms with Crippen LogP contribution in [0.3, 0.4) is 0 Å². The van der Waals surface area contributed by atoms with E-state index < -0.39 is 10.0 Å². The van der Waals surface area contributed by atoms with Crippen LogP contribution < -0.4 is 4.31 Å². The highest BCUT2D eigenvalue weighted by Gasteiger charge is 2.28. The fourth-order valence-electron chi connectivity index (χ4n) is 4.23. The number of benzene rings is 3. The summed E-state index contributed by atoms with van der Waals surface area (Å²) in [7, 11) is -2.28. The summed E-state index contributed by atoms with van der Waals surface area (Å²) >= 11 is 6.37. The molecule has 8 heteroatoms. The predicted octanol–water partition coefficient (Wildman–Crippen LogP) is 4.68. The van der Waals surface area contributed by atoms with Gasteiger partial charge in [-0.2, -0.15) is 0 Å². The number of hydrogen-bond acceptors (Lipinski definition) is 4. The topological polar surface area (TPSA) is 60.9 Å². The molecule has 3 aromatic rings. The lowest BCUT2D eigenvalue weighted by atomic mass is 10.1. The second-order valence-corrected chi connectivity index (χ2v) is 10.7. The average Bonchev–Trinajstić information content (AvgIpc) is 2.88. The monoisotopic (exact) mass is 497 g/mol. The molecule has 0 aliphatic carbocycles. The molecule has 1 atom stereocenters. The first-order valence-corrected chi connectivity index (χ1v) is 13.0. The van der Waals surface area contributed by atoms with E-state index in [1.165, 1.54) is 23.5 Å². The van der Waals surface area contributed by atoms with Crippen LogP contribution >= 0.6 is 11.6 Å². The fraction of sp³-hybridized carbons (Fsp3) is 0.269. The van der Waals surface area contributed by atoms with Crippen molar-refractivity contribution in [1.82, 2.24) is 9.80 Å². The maximum atomic E-state index is 13.2. The molecule has 6 nitrogen and oxygen atoms in total. The Morgan fingerprint density at radius 3 is 2.24 bits per heavy atom. The van der Waals surface area contributed by atoms with E-state index in [4.69, 9.17) is 11.6 Å². The Balaban J connectivity index is 1.45. The van der Waals surface area contributed by atoms with Crippen molar-refractivity contribution >= 4 is 33.2 Å². The van der Waals surface area contributed by atoms with E-state index in [0.717, 1.165) is 10.6 Å². The molecule has 178 valence electrons. The number of piperazine rings is 1. The lowest BCUT2D eigenvalue weighted by Gasteiger charge is -2.38. The number of para-hydroxylation sites is 1. The minimum absolute atomic E-state index is 0.0932. The lowest BCUT2D eigenvalue weighted by molar-refractivity contribution is 0.0582. The van der Waals surface area contributed by atoms with E-state index in [9.17, 15) is 13.2 Å². The van der Waals surface area contributed by atoms with Crippen LogP contribution in [0.2, 0.25) is 5.02 Å². The van der Waals surface area contributed by atoms with Gasteiger partial charge < -0.3 is 4.90 Å². The highest BCUT2D eigenvalue weighted by molar-refractivity contribution is 7.92. The van der Waals surface area contributed by atoms with Crippen molar-refractivity contribution in [3.05, 3.63) is 95.0 Å². The van der Waals surface area contributed by atoms with Gasteiger partial charge in [-0.25, -0.2) is 8.42 Å². The molecule has 1 heterocycles. The molecule has 1 amide bonds. The third-order valence-corrected chi connectivity index (χ3v) is 8.49. The van der Waals surface area contributed by atoms with Crippen LogP contribution in [0.25, 0.3) is 0 Å². The molecule has 3 aromatic carbocycles. The maximum absolute atomic E-state index is 13.2. The Bertz CT molecular complexity index is 1260. The van der Waals surface area contributed by atoms with Gasteiger partial charge in [-0.3, -0.25) is 14.0 Å². The number of amides is 1. The quantitative estimate of drug-likeness (QED) is 0.496. The molecule has 1 fully saturated rings. The van der Waals surface area contributed by atoms with Gasteiger partial charge in [0.25, 0.3) is 15.9 Å². The number of carbonyl (C=O) groups excluding carboxylic acids is 1. The standard InChI is InChI=1S/C26H28ClN3O3S/c1-20(24-13-6-7-14-25(24)27)29-15-17-30(18-16-29)26(31)21-9-8-12-23(19-21)34(32,33)28(2)22-10-4-3-5-11-22/h3-14,19-20H,15-18H2,1-2H3. The fourth-order valence-corrected chi connectivity index (χ4v) is 5.77. The van der Waals surface area contributed by atoms with Crippen molar-refractivity contribution in [3.63, 3.8) is 0 Å². The normalized spacial score (nSPS) is 15.7. The van der Waals surface area contributed by atoms with Crippen LogP contribution in [0.4, 0.5) is 5.69 Å². The second kappa shape index (κ2) is 10.2. The van der Waals surface area contributed by atoms with Crippen LogP contribution in [0.1, 0.15) is 28.9 Å². The van der Waals surface area contributed by atoms with Gasteiger partial charge in [0.05, 0.1) is 10.6 Å². The molecular formula is C26H28ClN3O3S. The van der Waals surface area contributed by atoms with Gasteiger partial charge in [-0.1, -0.05) is 54.1 Å². The Morgan fingerprint density at radius 1 is 0.912 bits per heavy atom. The summed E-state index contributed by atoms with van der Waals surface area (Å²) in [5.41, 5.74) is 2.00. The third kappa shape index (κ3) is 4.97. The van der Waals surface area contributed by atoms with Gasteiger partial charge in [-0.05, 0) is 48.9 Å². The van der Waals surface area contributed by atoms with Crippen LogP contribution in [0.15, 0.2) is 83.8 Å². The van der Waals surface area contributed by atoms with Gasteiger partial charge in [-0.15, -0.1) is 0 Å². The van der Waals surface area contributed by atoms with Gasteiger partial charge in [0.2, 0.25) is 0 Å². The summed E-state index contributed by atoms with van der Waals surface area (Å²) in [6.45, 7) is 4.68. The molecule has 0 saturated carbocycles. The van der Waals surface area contributed by atoms with E-state index in [2.05, 4.69) is 11.8 Å². The zero-order valence-electron chi connectivity index (χ0n) is 19.3. The molecule has 4 rings (SSSR count). The molecule has 1 aliphatic heterocycles. The smallest absolute Gasteiger partial charge is 0.264 e. The summed E-state index contributed by atoms with van der Waals surface area (Å²) in [6, 6.07) is 23.1. The predicted molar refractivity (Wildman–Crippen MR) is 136 cm³/mol. The minimum atomic E-state index is -3.79. The molecule has 0 bridgehead atoms. The van der Waals surface area contributed by atoms with Crippen LogP contribution in [-0.2, 0) is 10.0 Å². The first kappa shape index (κ1) is 24.3. The number of anilines is 1.